The average Bonchev–Trinajstić information content (AvgIpc) is 3.05. The van der Waals surface area contributed by atoms with E-state index in [-0.39, 0.29) is 22.4 Å². The van der Waals surface area contributed by atoms with Crippen LogP contribution in [-0.2, 0) is 11.3 Å². The highest BCUT2D eigenvalue weighted by atomic mass is 79.9. The van der Waals surface area contributed by atoms with Gasteiger partial charge in [-0.2, -0.15) is 0 Å². The Bertz CT molecular complexity index is 1270. The van der Waals surface area contributed by atoms with Crippen molar-refractivity contribution in [2.75, 3.05) is 0 Å². The van der Waals surface area contributed by atoms with Gasteiger partial charge in [0.1, 0.15) is 0 Å². The summed E-state index contributed by atoms with van der Waals surface area (Å²) in [6, 6.07) is 19.9. The molecular formula is C24H17BrN2O4S2. The Morgan fingerprint density at radius 3 is 2.42 bits per heavy atom. The van der Waals surface area contributed by atoms with Gasteiger partial charge in [-0.25, -0.2) is 0 Å². The normalized spacial score (nSPS) is 14.8. The molecule has 3 aromatic rings. The van der Waals surface area contributed by atoms with Crippen molar-refractivity contribution in [3.05, 3.63) is 103 Å². The molecule has 0 N–H and O–H groups in total. The smallest absolute Gasteiger partial charge is 0.268 e. The van der Waals surface area contributed by atoms with Crippen LogP contribution in [0, 0.1) is 17.0 Å². The number of imide groups is 1. The van der Waals surface area contributed by atoms with E-state index in [1.165, 1.54) is 28.8 Å². The Balaban J connectivity index is 1.56. The summed E-state index contributed by atoms with van der Waals surface area (Å²) in [5, 5.41) is 11.3. The predicted octanol–water partition coefficient (Wildman–Crippen LogP) is 7.05. The minimum atomic E-state index is -0.437. The quantitative estimate of drug-likeness (QED) is 0.189. The van der Waals surface area contributed by atoms with E-state index in [1.54, 1.807) is 12.1 Å². The molecule has 0 saturated carbocycles. The zero-order valence-electron chi connectivity index (χ0n) is 17.4. The van der Waals surface area contributed by atoms with Gasteiger partial charge in [-0.15, -0.1) is 0 Å². The van der Waals surface area contributed by atoms with E-state index in [0.717, 1.165) is 32.3 Å². The van der Waals surface area contributed by atoms with Gasteiger partial charge in [-0.1, -0.05) is 63.6 Å². The van der Waals surface area contributed by atoms with Crippen LogP contribution in [0.2, 0.25) is 0 Å². The van der Waals surface area contributed by atoms with Gasteiger partial charge in [0.2, 0.25) is 0 Å². The van der Waals surface area contributed by atoms with Crippen LogP contribution in [0.4, 0.5) is 10.5 Å². The van der Waals surface area contributed by atoms with Gasteiger partial charge in [0.25, 0.3) is 16.8 Å². The monoisotopic (exact) mass is 540 g/mol. The molecule has 0 radical (unpaired) electrons. The zero-order chi connectivity index (χ0) is 23.5. The van der Waals surface area contributed by atoms with Crippen LogP contribution in [0.25, 0.3) is 6.08 Å². The Kier molecular flexibility index (Phi) is 7.02. The number of carbonyl (C=O) groups is 2. The largest absolute Gasteiger partial charge is 0.293 e. The molecular weight excluding hydrogens is 524 g/mol. The summed E-state index contributed by atoms with van der Waals surface area (Å²) in [5.41, 5.74) is 2.38. The Morgan fingerprint density at radius 2 is 1.76 bits per heavy atom. The fourth-order valence-electron chi connectivity index (χ4n) is 3.15. The molecule has 0 aromatic heterocycles. The van der Waals surface area contributed by atoms with Gasteiger partial charge in [0, 0.05) is 15.4 Å². The zero-order valence-corrected chi connectivity index (χ0v) is 20.6. The van der Waals surface area contributed by atoms with Crippen LogP contribution >= 0.6 is 39.5 Å². The van der Waals surface area contributed by atoms with Gasteiger partial charge in [0.15, 0.2) is 0 Å². The first kappa shape index (κ1) is 23.3. The highest BCUT2D eigenvalue weighted by Gasteiger charge is 2.35. The number of hydrogen-bond acceptors (Lipinski definition) is 6. The number of nitro groups is 1. The second-order valence-corrected chi connectivity index (χ2v) is 10.3. The van der Waals surface area contributed by atoms with E-state index in [9.17, 15) is 19.7 Å². The number of thioether (sulfide) groups is 1. The van der Waals surface area contributed by atoms with Crippen molar-refractivity contribution in [1.82, 2.24) is 4.90 Å². The molecule has 0 atom stereocenters. The minimum absolute atomic E-state index is 0.0524. The maximum atomic E-state index is 12.8. The molecule has 4 rings (SSSR count). The maximum absolute atomic E-state index is 12.8. The van der Waals surface area contributed by atoms with Crippen LogP contribution in [0.3, 0.4) is 0 Å². The fourth-order valence-corrected chi connectivity index (χ4v) is 5.15. The second kappa shape index (κ2) is 9.94. The van der Waals surface area contributed by atoms with Crippen molar-refractivity contribution in [3.8, 4) is 0 Å². The topological polar surface area (TPSA) is 80.5 Å². The Morgan fingerprint density at radius 1 is 1.06 bits per heavy atom. The first-order valence-corrected chi connectivity index (χ1v) is 12.3. The van der Waals surface area contributed by atoms with Crippen molar-refractivity contribution >= 4 is 62.4 Å². The number of carbonyl (C=O) groups excluding carboxylic acids is 2. The van der Waals surface area contributed by atoms with Crippen molar-refractivity contribution in [2.45, 2.75) is 23.3 Å². The molecule has 3 aromatic carbocycles. The first-order chi connectivity index (χ1) is 15.8. The average molecular weight is 541 g/mol. The summed E-state index contributed by atoms with van der Waals surface area (Å²) in [4.78, 5) is 39.3. The van der Waals surface area contributed by atoms with Gasteiger partial charge < -0.3 is 0 Å². The maximum Gasteiger partial charge on any atom is 0.293 e. The number of hydrogen-bond donors (Lipinski definition) is 0. The number of benzene rings is 3. The number of nitrogens with zero attached hydrogens (tertiary/aromatic N) is 2. The molecule has 1 saturated heterocycles. The molecule has 1 fully saturated rings. The standard InChI is InChI=1S/C24H17BrN2O4S2/c1-15-2-9-19(10-3-15)32-21-11-6-17(12-20(21)27(30)31)13-22-23(28)26(24(29)33-22)14-16-4-7-18(25)8-5-16/h2-13H,14H2,1H3. The third-order valence-corrected chi connectivity index (χ3v) is 7.36. The van der Waals surface area contributed by atoms with Crippen LogP contribution in [0.5, 0.6) is 0 Å². The van der Waals surface area contributed by atoms with Crippen molar-refractivity contribution in [3.63, 3.8) is 0 Å². The van der Waals surface area contributed by atoms with Gasteiger partial charge in [0.05, 0.1) is 21.3 Å². The lowest BCUT2D eigenvalue weighted by atomic mass is 10.1. The molecule has 0 bridgehead atoms. The lowest BCUT2D eigenvalue weighted by molar-refractivity contribution is -0.387. The van der Waals surface area contributed by atoms with Crippen molar-refractivity contribution < 1.29 is 14.5 Å². The van der Waals surface area contributed by atoms with Gasteiger partial charge >= 0.3 is 0 Å². The summed E-state index contributed by atoms with van der Waals surface area (Å²) in [7, 11) is 0. The van der Waals surface area contributed by atoms with Crippen LogP contribution in [-0.4, -0.2) is 21.0 Å². The lowest BCUT2D eigenvalue weighted by Gasteiger charge is -2.12. The van der Waals surface area contributed by atoms with Crippen LogP contribution in [0.15, 0.2) is 85.9 Å². The molecule has 166 valence electrons. The predicted molar refractivity (Wildman–Crippen MR) is 134 cm³/mol. The number of halogens is 1. The minimum Gasteiger partial charge on any atom is -0.268 e. The lowest BCUT2D eigenvalue weighted by Crippen LogP contribution is -2.27. The molecule has 0 unspecified atom stereocenters. The number of amides is 2. The third-order valence-electron chi connectivity index (χ3n) is 4.85. The molecule has 1 aliphatic heterocycles. The van der Waals surface area contributed by atoms with Gasteiger partial charge in [-0.05, 0) is 66.2 Å². The number of nitro benzene ring substituents is 1. The summed E-state index contributed by atoms with van der Waals surface area (Å²) in [5.74, 6) is -0.409. The molecule has 2 amide bonds. The summed E-state index contributed by atoms with van der Waals surface area (Å²) >= 11 is 5.50. The van der Waals surface area contributed by atoms with Crippen LogP contribution in [0.1, 0.15) is 16.7 Å². The van der Waals surface area contributed by atoms with Crippen LogP contribution < -0.4 is 0 Å². The van der Waals surface area contributed by atoms with Gasteiger partial charge in [-0.3, -0.25) is 24.6 Å². The van der Waals surface area contributed by atoms with E-state index < -0.39 is 10.8 Å². The van der Waals surface area contributed by atoms with Crippen molar-refractivity contribution in [1.29, 1.82) is 0 Å². The summed E-state index contributed by atoms with van der Waals surface area (Å²) in [6.07, 6.45) is 1.53. The molecule has 0 spiro atoms. The highest BCUT2D eigenvalue weighted by molar-refractivity contribution is 9.10. The van der Waals surface area contributed by atoms with E-state index in [4.69, 9.17) is 0 Å². The summed E-state index contributed by atoms with van der Waals surface area (Å²) < 4.78 is 0.908. The molecule has 6 nitrogen and oxygen atoms in total. The Hall–Kier alpha value is -2.88. The van der Waals surface area contributed by atoms with E-state index in [1.807, 2.05) is 55.5 Å². The second-order valence-electron chi connectivity index (χ2n) is 7.29. The fraction of sp³-hybridized carbons (Fsp3) is 0.0833. The molecule has 0 aliphatic carbocycles. The first-order valence-electron chi connectivity index (χ1n) is 9.83. The van der Waals surface area contributed by atoms with E-state index >= 15 is 0 Å². The highest BCUT2D eigenvalue weighted by Crippen LogP contribution is 2.38. The molecule has 9 heteroatoms. The van der Waals surface area contributed by atoms with Crippen molar-refractivity contribution in [2.24, 2.45) is 0 Å². The van der Waals surface area contributed by atoms with E-state index in [0.29, 0.717) is 10.5 Å². The van der Waals surface area contributed by atoms with E-state index in [2.05, 4.69) is 15.9 Å². The number of rotatable bonds is 6. The third kappa shape index (κ3) is 5.55. The molecule has 33 heavy (non-hydrogen) atoms. The summed E-state index contributed by atoms with van der Waals surface area (Å²) in [6.45, 7) is 2.15. The number of aryl methyl sites for hydroxylation is 1. The molecule has 1 heterocycles. The SMILES string of the molecule is Cc1ccc(Sc2ccc(C=C3SC(=O)N(Cc4ccc(Br)cc4)C3=O)cc2[N+](=O)[O-])cc1. The molecule has 1 aliphatic rings. The Labute approximate surface area is 207 Å².